The van der Waals surface area contributed by atoms with E-state index in [1.165, 1.54) is 19.3 Å². The van der Waals surface area contributed by atoms with E-state index in [0.29, 0.717) is 17.9 Å². The topological polar surface area (TPSA) is 68.6 Å². The van der Waals surface area contributed by atoms with E-state index in [9.17, 15) is 4.79 Å². The molecule has 1 spiro atoms. The number of furan rings is 1. The van der Waals surface area contributed by atoms with E-state index < -0.39 is 0 Å². The Kier molecular flexibility index (Phi) is 4.59. The van der Waals surface area contributed by atoms with E-state index in [0.717, 1.165) is 44.6 Å². The van der Waals surface area contributed by atoms with Gasteiger partial charge in [0.05, 0.1) is 31.1 Å². The predicted molar refractivity (Wildman–Crippen MR) is 104 cm³/mol. The number of nitrogens with two attached hydrogens (primary N) is 1. The zero-order valence-corrected chi connectivity index (χ0v) is 17.2. The van der Waals surface area contributed by atoms with Crippen molar-refractivity contribution >= 4 is 5.97 Å². The van der Waals surface area contributed by atoms with Gasteiger partial charge in [0.1, 0.15) is 17.8 Å². The normalized spacial score (nSPS) is 42.7. The molecule has 4 aliphatic rings. The first-order valence-electron chi connectivity index (χ1n) is 11.2. The maximum atomic E-state index is 12.7. The molecule has 0 bridgehead atoms. The van der Waals surface area contributed by atoms with Crippen LogP contribution in [0.2, 0.25) is 0 Å². The van der Waals surface area contributed by atoms with Crippen molar-refractivity contribution in [3.8, 4) is 0 Å². The minimum absolute atomic E-state index is 0.0393. The van der Waals surface area contributed by atoms with Crippen LogP contribution in [0.25, 0.3) is 0 Å². The van der Waals surface area contributed by atoms with Crippen LogP contribution >= 0.6 is 0 Å². The first-order chi connectivity index (χ1) is 13.5. The highest BCUT2D eigenvalue weighted by atomic mass is 16.6. The van der Waals surface area contributed by atoms with Crippen molar-refractivity contribution in [2.45, 2.75) is 76.5 Å². The van der Waals surface area contributed by atoms with E-state index in [2.05, 4.69) is 19.2 Å². The van der Waals surface area contributed by atoms with Crippen molar-refractivity contribution in [2.75, 3.05) is 13.2 Å². The van der Waals surface area contributed by atoms with Crippen LogP contribution in [-0.4, -0.2) is 36.9 Å². The molecular formula is C23H34NO4+. The Morgan fingerprint density at radius 1 is 1.36 bits per heavy atom. The summed E-state index contributed by atoms with van der Waals surface area (Å²) in [6, 6.07) is 4.44. The highest BCUT2D eigenvalue weighted by Gasteiger charge is 2.65. The maximum absolute atomic E-state index is 12.7. The number of rotatable bonds is 6. The number of ether oxygens (including phenoxy) is 2. The summed E-state index contributed by atoms with van der Waals surface area (Å²) in [6.45, 7) is 6.43. The van der Waals surface area contributed by atoms with Gasteiger partial charge < -0.3 is 19.2 Å². The number of hydrogen-bond acceptors (Lipinski definition) is 4. The lowest BCUT2D eigenvalue weighted by Gasteiger charge is -2.51. The fourth-order valence-electron chi connectivity index (χ4n) is 6.55. The molecule has 5 rings (SSSR count). The molecule has 0 unspecified atom stereocenters. The van der Waals surface area contributed by atoms with Gasteiger partial charge in [0.25, 0.3) is 0 Å². The second-order valence-electron chi connectivity index (χ2n) is 10.2. The first-order valence-corrected chi connectivity index (χ1v) is 11.2. The second-order valence-corrected chi connectivity index (χ2v) is 10.2. The summed E-state index contributed by atoms with van der Waals surface area (Å²) in [4.78, 5) is 12.7. The number of carbonyl (C=O) groups excluding carboxylic acids is 1. The lowest BCUT2D eigenvalue weighted by Crippen LogP contribution is -2.91. The monoisotopic (exact) mass is 388 g/mol. The third kappa shape index (κ3) is 3.21. The molecule has 0 amide bonds. The van der Waals surface area contributed by atoms with Crippen LogP contribution < -0.4 is 5.32 Å². The minimum Gasteiger partial charge on any atom is -0.469 e. The van der Waals surface area contributed by atoms with E-state index in [-0.39, 0.29) is 29.0 Å². The molecule has 2 saturated heterocycles. The molecule has 1 aromatic rings. The second kappa shape index (κ2) is 6.88. The van der Waals surface area contributed by atoms with Gasteiger partial charge in [0, 0.05) is 18.8 Å². The molecule has 28 heavy (non-hydrogen) atoms. The number of epoxide rings is 1. The fourth-order valence-corrected chi connectivity index (χ4v) is 6.55. The molecule has 1 aromatic heterocycles. The van der Waals surface area contributed by atoms with Gasteiger partial charge in [0.2, 0.25) is 0 Å². The zero-order valence-electron chi connectivity index (χ0n) is 17.2. The smallest absolute Gasteiger partial charge is 0.315 e. The summed E-state index contributed by atoms with van der Waals surface area (Å²) < 4.78 is 17.4. The van der Waals surface area contributed by atoms with Gasteiger partial charge in [-0.05, 0) is 62.5 Å². The Morgan fingerprint density at radius 3 is 2.96 bits per heavy atom. The van der Waals surface area contributed by atoms with Crippen molar-refractivity contribution < 1.29 is 24.0 Å². The van der Waals surface area contributed by atoms with Crippen molar-refractivity contribution in [3.63, 3.8) is 0 Å². The highest BCUT2D eigenvalue weighted by Crippen LogP contribution is 2.62. The summed E-state index contributed by atoms with van der Waals surface area (Å²) in [7, 11) is 0. The lowest BCUT2D eigenvalue weighted by molar-refractivity contribution is -0.690. The summed E-state index contributed by atoms with van der Waals surface area (Å²) in [5.41, 5.74) is 0.416. The number of fused-ring (bicyclic) bond motifs is 3. The molecule has 2 aliphatic heterocycles. The van der Waals surface area contributed by atoms with Gasteiger partial charge in [-0.1, -0.05) is 6.92 Å². The summed E-state index contributed by atoms with van der Waals surface area (Å²) in [6.07, 6.45) is 9.71. The predicted octanol–water partition coefficient (Wildman–Crippen LogP) is 2.69. The fraction of sp³-hybridized carbons (Fsp3) is 0.783. The molecule has 5 heteroatoms. The number of esters is 1. The molecule has 3 heterocycles. The summed E-state index contributed by atoms with van der Waals surface area (Å²) >= 11 is 0. The van der Waals surface area contributed by atoms with E-state index in [1.807, 2.05) is 12.1 Å². The van der Waals surface area contributed by atoms with Crippen LogP contribution in [0.1, 0.15) is 58.1 Å². The largest absolute Gasteiger partial charge is 0.469 e. The molecule has 7 atom stereocenters. The van der Waals surface area contributed by atoms with Crippen LogP contribution in [0, 0.1) is 23.2 Å². The highest BCUT2D eigenvalue weighted by molar-refractivity contribution is 5.75. The quantitative estimate of drug-likeness (QED) is 0.601. The average molecular weight is 389 g/mol. The van der Waals surface area contributed by atoms with Crippen LogP contribution in [0.3, 0.4) is 0 Å². The Labute approximate surface area is 167 Å². The van der Waals surface area contributed by atoms with Gasteiger partial charge in [-0.3, -0.25) is 4.79 Å². The standard InChI is InChI=1S/C23H33NO4/c1-15(6-7-16-5-3-10-26-16)24-13-18-17-11-20-22(2,12-19(17)28-21(18)25)8-4-9-23(20)14-27-23/h3,5,10,15,17-20,24H,4,6-9,11-14H2,1-2H3/p+1/t15-,17+,18+,19+,20+,22+,23-/m0/s1. The average Bonchev–Trinajstić information content (AvgIpc) is 3.11. The molecule has 2 aliphatic carbocycles. The third-order valence-corrected chi connectivity index (χ3v) is 8.30. The Bertz CT molecular complexity index is 712. The zero-order chi connectivity index (χ0) is 19.4. The third-order valence-electron chi connectivity index (χ3n) is 8.30. The van der Waals surface area contributed by atoms with Crippen LogP contribution in [-0.2, 0) is 20.7 Å². The molecule has 154 valence electrons. The van der Waals surface area contributed by atoms with Gasteiger partial charge in [-0.2, -0.15) is 0 Å². The van der Waals surface area contributed by atoms with Crippen LogP contribution in [0.15, 0.2) is 22.8 Å². The molecule has 2 N–H and O–H groups in total. The van der Waals surface area contributed by atoms with Gasteiger partial charge in [-0.15, -0.1) is 0 Å². The summed E-state index contributed by atoms with van der Waals surface area (Å²) in [5, 5.41) is 2.34. The van der Waals surface area contributed by atoms with Crippen LogP contribution in [0.4, 0.5) is 0 Å². The lowest BCUT2D eigenvalue weighted by atomic mass is 9.53. The molecule has 5 nitrogen and oxygen atoms in total. The Balaban J connectivity index is 1.21. The summed E-state index contributed by atoms with van der Waals surface area (Å²) in [5.74, 6) is 2.09. The van der Waals surface area contributed by atoms with Crippen molar-refractivity contribution in [3.05, 3.63) is 24.2 Å². The number of quaternary nitrogens is 1. The van der Waals surface area contributed by atoms with Crippen molar-refractivity contribution in [1.82, 2.24) is 0 Å². The SMILES string of the molecule is C[C@@H](CCc1ccco1)[NH2+]C[C@H]1C(=O)O[C@@H]2C[C@@]3(C)CCC[C@]4(CO4)[C@@H]3C[C@@H]21. The van der Waals surface area contributed by atoms with E-state index in [1.54, 1.807) is 6.26 Å². The Hall–Kier alpha value is -1.33. The molecule has 2 saturated carbocycles. The number of hydrogen-bond donors (Lipinski definition) is 1. The van der Waals surface area contributed by atoms with Gasteiger partial charge in [0.15, 0.2) is 0 Å². The van der Waals surface area contributed by atoms with Gasteiger partial charge >= 0.3 is 5.97 Å². The molecular weight excluding hydrogens is 354 g/mol. The van der Waals surface area contributed by atoms with Crippen LogP contribution in [0.5, 0.6) is 0 Å². The van der Waals surface area contributed by atoms with E-state index >= 15 is 0 Å². The van der Waals surface area contributed by atoms with Crippen molar-refractivity contribution in [2.24, 2.45) is 23.2 Å². The number of aryl methyl sites for hydroxylation is 1. The maximum Gasteiger partial charge on any atom is 0.315 e. The molecule has 0 radical (unpaired) electrons. The Morgan fingerprint density at radius 2 is 2.21 bits per heavy atom. The van der Waals surface area contributed by atoms with E-state index in [4.69, 9.17) is 13.9 Å². The van der Waals surface area contributed by atoms with Crippen molar-refractivity contribution in [1.29, 1.82) is 0 Å². The molecule has 0 aromatic carbocycles. The first kappa shape index (κ1) is 18.7. The minimum atomic E-state index is 0.0393. The molecule has 4 fully saturated rings. The van der Waals surface area contributed by atoms with Gasteiger partial charge in [-0.25, -0.2) is 0 Å². The number of carbonyl (C=O) groups is 1.